The Hall–Kier alpha value is -1.86. The Balaban J connectivity index is 1.72. The zero-order valence-electron chi connectivity index (χ0n) is 17.5. The van der Waals surface area contributed by atoms with Crippen LogP contribution in [0.25, 0.3) is 0 Å². The lowest BCUT2D eigenvalue weighted by atomic mass is 10.1. The Kier molecular flexibility index (Phi) is 7.47. The Bertz CT molecular complexity index is 1020. The topological polar surface area (TPSA) is 131 Å². The van der Waals surface area contributed by atoms with E-state index in [1.807, 2.05) is 0 Å². The number of rotatable bonds is 8. The number of ether oxygens (including phenoxy) is 1. The summed E-state index contributed by atoms with van der Waals surface area (Å²) in [6.07, 6.45) is 0.940. The zero-order chi connectivity index (χ0) is 22.6. The van der Waals surface area contributed by atoms with Crippen molar-refractivity contribution in [1.82, 2.24) is 9.03 Å². The van der Waals surface area contributed by atoms with Crippen molar-refractivity contribution in [3.63, 3.8) is 0 Å². The molecule has 10 nitrogen and oxygen atoms in total. The second-order valence-electron chi connectivity index (χ2n) is 7.46. The van der Waals surface area contributed by atoms with Gasteiger partial charge >= 0.3 is 0 Å². The number of carbonyl (C=O) groups is 1. The molecule has 2 aliphatic rings. The van der Waals surface area contributed by atoms with Crippen LogP contribution in [0.2, 0.25) is 0 Å². The van der Waals surface area contributed by atoms with E-state index in [0.717, 1.165) is 0 Å². The van der Waals surface area contributed by atoms with Crippen molar-refractivity contribution < 1.29 is 31.2 Å². The fraction of sp³-hybridized carbons (Fsp3) is 0.579. The first-order chi connectivity index (χ1) is 14.6. The summed E-state index contributed by atoms with van der Waals surface area (Å²) in [4.78, 5) is 17.4. The molecule has 3 rings (SSSR count). The Labute approximate surface area is 182 Å². The highest BCUT2D eigenvalue weighted by Gasteiger charge is 2.34. The Morgan fingerprint density at radius 3 is 2.29 bits per heavy atom. The van der Waals surface area contributed by atoms with E-state index in [-0.39, 0.29) is 48.4 Å². The van der Waals surface area contributed by atoms with E-state index in [0.29, 0.717) is 25.2 Å². The molecule has 0 aliphatic carbocycles. The van der Waals surface area contributed by atoms with Crippen molar-refractivity contribution in [2.24, 2.45) is 5.16 Å². The number of ketones is 1. The van der Waals surface area contributed by atoms with Gasteiger partial charge in [-0.25, -0.2) is 21.6 Å². The summed E-state index contributed by atoms with van der Waals surface area (Å²) >= 11 is 0. The number of Topliss-reactive ketones (excluding diaryl/α,β-unsaturated/α-hetero) is 1. The molecule has 0 saturated carbocycles. The van der Waals surface area contributed by atoms with Crippen LogP contribution >= 0.6 is 0 Å². The van der Waals surface area contributed by atoms with Crippen LogP contribution in [-0.4, -0.2) is 77.3 Å². The number of nitrogens with one attached hydrogen (secondary N) is 1. The molecule has 0 amide bonds. The summed E-state index contributed by atoms with van der Waals surface area (Å²) < 4.78 is 58.6. The first-order valence-electron chi connectivity index (χ1n) is 10.0. The number of piperidine rings is 1. The Morgan fingerprint density at radius 2 is 1.77 bits per heavy atom. The minimum absolute atomic E-state index is 0.0687. The van der Waals surface area contributed by atoms with E-state index in [1.165, 1.54) is 42.5 Å². The van der Waals surface area contributed by atoms with Gasteiger partial charge in [0.15, 0.2) is 17.6 Å². The third-order valence-corrected chi connectivity index (χ3v) is 9.24. The summed E-state index contributed by atoms with van der Waals surface area (Å²) in [7, 11) is -5.85. The fourth-order valence-corrected chi connectivity index (χ4v) is 6.16. The van der Waals surface area contributed by atoms with Gasteiger partial charge in [0.1, 0.15) is 0 Å². The van der Waals surface area contributed by atoms with Gasteiger partial charge < -0.3 is 9.57 Å². The van der Waals surface area contributed by atoms with Crippen LogP contribution < -0.4 is 4.72 Å². The SMILES string of the molecule is CNS(=O)(=O)C1CCN(S(=O)(=O)c2ccc(/C(=N\O[C@@H]3CCOC3)C(C)=O)cc2)CC1. The molecule has 0 aromatic heterocycles. The molecule has 2 aliphatic heterocycles. The van der Waals surface area contributed by atoms with Crippen molar-refractivity contribution in [1.29, 1.82) is 0 Å². The number of carbonyl (C=O) groups excluding carboxylic acids is 1. The molecule has 0 spiro atoms. The third-order valence-electron chi connectivity index (χ3n) is 5.40. The molecule has 12 heteroatoms. The van der Waals surface area contributed by atoms with Crippen molar-refractivity contribution in [3.05, 3.63) is 29.8 Å². The average Bonchev–Trinajstić information content (AvgIpc) is 3.28. The van der Waals surface area contributed by atoms with Crippen LogP contribution in [0.15, 0.2) is 34.3 Å². The molecule has 0 radical (unpaired) electrons. The highest BCUT2D eigenvalue weighted by molar-refractivity contribution is 7.90. The molecule has 1 atom stereocenters. The van der Waals surface area contributed by atoms with Gasteiger partial charge in [0.05, 0.1) is 23.4 Å². The highest BCUT2D eigenvalue weighted by Crippen LogP contribution is 2.24. The van der Waals surface area contributed by atoms with Gasteiger partial charge in [-0.3, -0.25) is 4.79 Å². The normalized spacial score (nSPS) is 21.9. The van der Waals surface area contributed by atoms with Crippen molar-refractivity contribution in [3.8, 4) is 0 Å². The average molecular weight is 474 g/mol. The van der Waals surface area contributed by atoms with Crippen molar-refractivity contribution in [2.45, 2.75) is 42.4 Å². The number of sulfonamides is 2. The van der Waals surface area contributed by atoms with Gasteiger partial charge in [-0.05, 0) is 32.0 Å². The smallest absolute Gasteiger partial charge is 0.243 e. The molecule has 31 heavy (non-hydrogen) atoms. The van der Waals surface area contributed by atoms with Gasteiger partial charge in [-0.1, -0.05) is 17.3 Å². The van der Waals surface area contributed by atoms with Crippen LogP contribution in [0.5, 0.6) is 0 Å². The number of hydrogen-bond donors (Lipinski definition) is 1. The molecule has 0 unspecified atom stereocenters. The number of hydrogen-bond acceptors (Lipinski definition) is 8. The van der Waals surface area contributed by atoms with Crippen LogP contribution in [-0.2, 0) is 34.4 Å². The molecule has 2 fully saturated rings. The summed E-state index contributed by atoms with van der Waals surface area (Å²) in [5.41, 5.74) is 0.554. The fourth-order valence-electron chi connectivity index (χ4n) is 3.53. The molecule has 2 heterocycles. The van der Waals surface area contributed by atoms with E-state index in [9.17, 15) is 21.6 Å². The summed E-state index contributed by atoms with van der Waals surface area (Å²) in [6.45, 7) is 2.60. The third kappa shape index (κ3) is 5.50. The molecule has 2 saturated heterocycles. The van der Waals surface area contributed by atoms with Crippen LogP contribution in [0.1, 0.15) is 31.7 Å². The Morgan fingerprint density at radius 1 is 1.13 bits per heavy atom. The molecule has 1 aromatic rings. The predicted molar refractivity (Wildman–Crippen MR) is 114 cm³/mol. The molecule has 1 aromatic carbocycles. The van der Waals surface area contributed by atoms with Crippen LogP contribution in [0.3, 0.4) is 0 Å². The molecule has 0 bridgehead atoms. The maximum Gasteiger partial charge on any atom is 0.243 e. The van der Waals surface area contributed by atoms with Gasteiger partial charge in [-0.2, -0.15) is 4.31 Å². The number of benzene rings is 1. The standard InChI is InChI=1S/C19H27N3O7S2/c1-14(23)19(21-29-16-9-12-28-13-16)15-3-5-18(6-4-15)31(26,27)22-10-7-17(8-11-22)30(24,25)20-2/h3-6,16-17,20H,7-13H2,1-2H3/b21-19-/t16-/m1/s1. The first kappa shape index (κ1) is 23.8. The maximum atomic E-state index is 13.0. The van der Waals surface area contributed by atoms with Crippen molar-refractivity contribution in [2.75, 3.05) is 33.4 Å². The van der Waals surface area contributed by atoms with E-state index >= 15 is 0 Å². The zero-order valence-corrected chi connectivity index (χ0v) is 19.1. The lowest BCUT2D eigenvalue weighted by Crippen LogP contribution is -2.44. The van der Waals surface area contributed by atoms with Gasteiger partial charge in [0, 0.05) is 32.0 Å². The van der Waals surface area contributed by atoms with E-state index < -0.39 is 25.3 Å². The number of oxime groups is 1. The lowest BCUT2D eigenvalue weighted by molar-refractivity contribution is -0.111. The van der Waals surface area contributed by atoms with E-state index in [2.05, 4.69) is 9.88 Å². The first-order valence-corrected chi connectivity index (χ1v) is 13.0. The van der Waals surface area contributed by atoms with E-state index in [4.69, 9.17) is 9.57 Å². The molecular formula is C19H27N3O7S2. The largest absolute Gasteiger partial charge is 0.389 e. The van der Waals surface area contributed by atoms with Gasteiger partial charge in [0.2, 0.25) is 20.0 Å². The monoisotopic (exact) mass is 473 g/mol. The summed E-state index contributed by atoms with van der Waals surface area (Å²) in [5, 5.41) is 3.36. The second kappa shape index (κ2) is 9.74. The second-order valence-corrected chi connectivity index (χ2v) is 11.6. The minimum atomic E-state index is -3.78. The molecule has 1 N–H and O–H groups in total. The van der Waals surface area contributed by atoms with Crippen LogP contribution in [0.4, 0.5) is 0 Å². The number of nitrogens with zero attached hydrogens (tertiary/aromatic N) is 2. The molecular weight excluding hydrogens is 446 g/mol. The quantitative estimate of drug-likeness (QED) is 0.429. The van der Waals surface area contributed by atoms with Gasteiger partial charge in [-0.15, -0.1) is 0 Å². The summed E-state index contributed by atoms with van der Waals surface area (Å²) in [5.74, 6) is -0.303. The van der Waals surface area contributed by atoms with E-state index in [1.54, 1.807) is 0 Å². The predicted octanol–water partition coefficient (Wildman–Crippen LogP) is 0.488. The maximum absolute atomic E-state index is 13.0. The molecule has 172 valence electrons. The minimum Gasteiger partial charge on any atom is -0.389 e. The van der Waals surface area contributed by atoms with Crippen LogP contribution in [0, 0.1) is 0 Å². The highest BCUT2D eigenvalue weighted by atomic mass is 32.2. The lowest BCUT2D eigenvalue weighted by Gasteiger charge is -2.30. The van der Waals surface area contributed by atoms with Crippen molar-refractivity contribution >= 4 is 31.5 Å². The summed E-state index contributed by atoms with van der Waals surface area (Å²) in [6, 6.07) is 5.86. The van der Waals surface area contributed by atoms with Gasteiger partial charge in [0.25, 0.3) is 0 Å².